The fraction of sp³-hybridized carbons (Fsp3) is 0.600. The molecule has 0 saturated heterocycles. The number of nitrogens with one attached hydrogen (secondary N) is 1. The third-order valence-electron chi connectivity index (χ3n) is 0.789. The van der Waals surface area contributed by atoms with Crippen molar-refractivity contribution in [3.8, 4) is 0 Å². The lowest BCUT2D eigenvalue weighted by molar-refractivity contribution is -0.136. The van der Waals surface area contributed by atoms with Gasteiger partial charge in [-0.05, 0) is 0 Å². The molecule has 0 heterocycles. The molecule has 4 N–H and O–H groups in total. The van der Waals surface area contributed by atoms with Gasteiger partial charge in [0.05, 0.1) is 14.3 Å². The van der Waals surface area contributed by atoms with E-state index in [0.717, 1.165) is 0 Å². The van der Waals surface area contributed by atoms with E-state index in [9.17, 15) is 9.59 Å². The largest absolute Gasteiger partial charge is 0.481 e. The summed E-state index contributed by atoms with van der Waals surface area (Å²) in [6, 6.07) is 0. The zero-order chi connectivity index (χ0) is 8.85. The highest BCUT2D eigenvalue weighted by molar-refractivity contribution is 5.78. The van der Waals surface area contributed by atoms with Gasteiger partial charge < -0.3 is 16.2 Å². The maximum Gasteiger partial charge on any atom is 0.305 e. The minimum atomic E-state index is -1.33. The van der Waals surface area contributed by atoms with E-state index in [0.29, 0.717) is 0 Å². The van der Waals surface area contributed by atoms with Gasteiger partial charge in [0.15, 0.2) is 0 Å². The van der Waals surface area contributed by atoms with Crippen LogP contribution in [0.5, 0.6) is 0 Å². The molecule has 0 fully saturated rings. The van der Waals surface area contributed by atoms with Crippen LogP contribution in [0.25, 0.3) is 0 Å². The first-order chi connectivity index (χ1) is 5.04. The lowest BCUT2D eigenvalue weighted by Crippen LogP contribution is -2.31. The molecule has 1 atom stereocenters. The zero-order valence-corrected chi connectivity index (χ0v) is 5.33. The van der Waals surface area contributed by atoms with Crippen molar-refractivity contribution in [2.24, 2.45) is 5.73 Å². The molecule has 0 bridgehead atoms. The van der Waals surface area contributed by atoms with Crippen LogP contribution >= 0.6 is 0 Å². The summed E-state index contributed by atoms with van der Waals surface area (Å²) in [5, 5.41) is 10.3. The van der Waals surface area contributed by atoms with Gasteiger partial charge in [-0.1, -0.05) is 0 Å². The van der Waals surface area contributed by atoms with Crippen molar-refractivity contribution in [3.05, 3.63) is 0 Å². The summed E-state index contributed by atoms with van der Waals surface area (Å²) >= 11 is 0. The van der Waals surface area contributed by atoms with Crippen LogP contribution in [0.4, 0.5) is 0 Å². The third-order valence-corrected chi connectivity index (χ3v) is 0.789. The molecule has 10 heavy (non-hydrogen) atoms. The number of carbonyl (C=O) groups excluding carboxylic acids is 1. The third kappa shape index (κ3) is 5.04. The molecule has 0 rings (SSSR count). The standard InChI is InChI=1S/C5H10N2O3/c6-3-4(8)7-2-1-5(9)10/h1-3,6H2,(H,7,8)(H,9,10)/i3D. The first kappa shape index (κ1) is 7.01. The SMILES string of the molecule is [2H]C(N)C(=O)NCCC(=O)O. The van der Waals surface area contributed by atoms with Crippen LogP contribution in [0.2, 0.25) is 0 Å². The first-order valence-corrected chi connectivity index (χ1v) is 2.71. The van der Waals surface area contributed by atoms with Crippen molar-refractivity contribution in [2.75, 3.05) is 13.1 Å². The molecule has 1 unspecified atom stereocenters. The van der Waals surface area contributed by atoms with E-state index in [1.807, 2.05) is 0 Å². The molecule has 0 aliphatic rings. The molecule has 0 aromatic rings. The molecule has 5 heteroatoms. The number of rotatable bonds is 4. The Kier molecular flexibility index (Phi) is 3.33. The number of carbonyl (C=O) groups is 2. The van der Waals surface area contributed by atoms with Crippen LogP contribution in [0.15, 0.2) is 0 Å². The fourth-order valence-corrected chi connectivity index (χ4v) is 0.352. The van der Waals surface area contributed by atoms with Crippen LogP contribution in [-0.2, 0) is 9.59 Å². The molecular weight excluding hydrogens is 136 g/mol. The number of nitrogens with two attached hydrogens (primary N) is 1. The van der Waals surface area contributed by atoms with E-state index in [4.69, 9.17) is 12.2 Å². The maximum atomic E-state index is 10.5. The number of carboxylic acid groups (broad SMARTS) is 1. The Balaban J connectivity index is 3.39. The van der Waals surface area contributed by atoms with E-state index in [-0.39, 0.29) is 13.0 Å². The second-order valence-electron chi connectivity index (χ2n) is 1.60. The molecule has 0 aromatic heterocycles. The van der Waals surface area contributed by atoms with Crippen molar-refractivity contribution in [3.63, 3.8) is 0 Å². The van der Waals surface area contributed by atoms with Crippen molar-refractivity contribution in [1.29, 1.82) is 0 Å². The number of aliphatic carboxylic acids is 1. The number of hydrogen-bond donors (Lipinski definition) is 3. The van der Waals surface area contributed by atoms with E-state index in [1.165, 1.54) is 0 Å². The Bertz CT molecular complexity index is 160. The molecule has 0 spiro atoms. The predicted molar refractivity (Wildman–Crippen MR) is 34.3 cm³/mol. The maximum absolute atomic E-state index is 10.5. The van der Waals surface area contributed by atoms with E-state index in [2.05, 4.69) is 5.32 Å². The molecule has 5 nitrogen and oxygen atoms in total. The van der Waals surface area contributed by atoms with Gasteiger partial charge in [0.1, 0.15) is 0 Å². The first-order valence-electron chi connectivity index (χ1n) is 3.29. The summed E-state index contributed by atoms with van der Waals surface area (Å²) in [6.07, 6.45) is -0.154. The molecule has 0 saturated carbocycles. The van der Waals surface area contributed by atoms with E-state index in [1.54, 1.807) is 0 Å². The summed E-state index contributed by atoms with van der Waals surface area (Å²) in [6.45, 7) is -1.32. The Morgan fingerprint density at radius 1 is 1.70 bits per heavy atom. The highest BCUT2D eigenvalue weighted by atomic mass is 16.4. The summed E-state index contributed by atoms with van der Waals surface area (Å²) in [7, 11) is 0. The zero-order valence-electron chi connectivity index (χ0n) is 6.33. The Labute approximate surface area is 59.6 Å². The highest BCUT2D eigenvalue weighted by Gasteiger charge is 1.98. The van der Waals surface area contributed by atoms with Gasteiger partial charge in [-0.15, -0.1) is 0 Å². The molecule has 0 aliphatic carbocycles. The second kappa shape index (κ2) is 4.75. The Morgan fingerprint density at radius 3 is 2.70 bits per heavy atom. The average Bonchev–Trinajstić information content (AvgIpc) is 1.86. The monoisotopic (exact) mass is 147 g/mol. The van der Waals surface area contributed by atoms with Gasteiger partial charge in [0, 0.05) is 6.54 Å². The normalized spacial score (nSPS) is 13.5. The minimum absolute atomic E-state index is 0.0146. The van der Waals surface area contributed by atoms with Crippen LogP contribution in [0, 0.1) is 0 Å². The lowest BCUT2D eigenvalue weighted by Gasteiger charge is -1.98. The lowest BCUT2D eigenvalue weighted by atomic mass is 10.4. The van der Waals surface area contributed by atoms with Crippen LogP contribution in [0.1, 0.15) is 7.79 Å². The average molecular weight is 147 g/mol. The molecule has 58 valence electrons. The molecule has 0 radical (unpaired) electrons. The van der Waals surface area contributed by atoms with Gasteiger partial charge in [0.2, 0.25) is 5.91 Å². The summed E-state index contributed by atoms with van der Waals surface area (Å²) < 4.78 is 6.69. The smallest absolute Gasteiger partial charge is 0.305 e. The van der Waals surface area contributed by atoms with Gasteiger partial charge in [-0.25, -0.2) is 0 Å². The molecule has 0 aliphatic heterocycles. The van der Waals surface area contributed by atoms with E-state index < -0.39 is 18.4 Å². The van der Waals surface area contributed by atoms with Crippen molar-refractivity contribution in [2.45, 2.75) is 6.42 Å². The van der Waals surface area contributed by atoms with E-state index >= 15 is 0 Å². The molecule has 0 aromatic carbocycles. The second-order valence-corrected chi connectivity index (χ2v) is 1.60. The molecule has 1 amide bonds. The quantitative estimate of drug-likeness (QED) is 0.453. The van der Waals surface area contributed by atoms with Crippen LogP contribution < -0.4 is 11.1 Å². The Hall–Kier alpha value is -1.10. The number of hydrogen-bond acceptors (Lipinski definition) is 3. The predicted octanol–water partition coefficient (Wildman–Crippen LogP) is -1.46. The van der Waals surface area contributed by atoms with Gasteiger partial charge in [0.25, 0.3) is 0 Å². The summed E-state index contributed by atoms with van der Waals surface area (Å²) in [4.78, 5) is 20.4. The minimum Gasteiger partial charge on any atom is -0.481 e. The van der Waals surface area contributed by atoms with Crippen molar-refractivity contribution in [1.82, 2.24) is 5.32 Å². The number of amides is 1. The summed E-state index contributed by atoms with van der Waals surface area (Å²) in [5.74, 6) is -1.66. The van der Waals surface area contributed by atoms with Gasteiger partial charge >= 0.3 is 5.97 Å². The Morgan fingerprint density at radius 2 is 2.30 bits per heavy atom. The topological polar surface area (TPSA) is 92.4 Å². The fourth-order valence-electron chi connectivity index (χ4n) is 0.352. The van der Waals surface area contributed by atoms with Crippen LogP contribution in [-0.4, -0.2) is 30.0 Å². The van der Waals surface area contributed by atoms with Gasteiger partial charge in [-0.2, -0.15) is 0 Å². The number of carboxylic acids is 1. The molecular formula is C5H10N2O3. The van der Waals surface area contributed by atoms with Crippen LogP contribution in [0.3, 0.4) is 0 Å². The highest BCUT2D eigenvalue weighted by Crippen LogP contribution is 1.73. The van der Waals surface area contributed by atoms with Gasteiger partial charge in [-0.3, -0.25) is 9.59 Å². The van der Waals surface area contributed by atoms with Crippen molar-refractivity contribution >= 4 is 11.9 Å². The van der Waals surface area contributed by atoms with Crippen molar-refractivity contribution < 1.29 is 16.1 Å². The summed E-state index contributed by atoms with van der Waals surface area (Å²) in [5.41, 5.74) is 4.86.